The maximum atomic E-state index is 12.7. The number of esters is 1. The van der Waals surface area contributed by atoms with Crippen LogP contribution in [0, 0.1) is 6.92 Å². The third-order valence-corrected chi connectivity index (χ3v) is 6.12. The molecule has 1 unspecified atom stereocenters. The minimum atomic E-state index is -0.834. The van der Waals surface area contributed by atoms with Crippen LogP contribution < -0.4 is 10.1 Å². The number of nitrogens with zero attached hydrogens (tertiary/aromatic N) is 1. The van der Waals surface area contributed by atoms with Gasteiger partial charge in [0.1, 0.15) is 17.6 Å². The van der Waals surface area contributed by atoms with Crippen molar-refractivity contribution < 1.29 is 23.5 Å². The first kappa shape index (κ1) is 26.9. The Morgan fingerprint density at radius 2 is 1.71 bits per heavy atom. The lowest BCUT2D eigenvalue weighted by Gasteiger charge is -2.18. The highest BCUT2D eigenvalue weighted by atomic mass is 35.5. The van der Waals surface area contributed by atoms with E-state index in [9.17, 15) is 9.59 Å². The Kier molecular flexibility index (Phi) is 9.16. The molecule has 196 valence electrons. The molecule has 0 spiro atoms. The lowest BCUT2D eigenvalue weighted by Crippen LogP contribution is -2.43. The highest BCUT2D eigenvalue weighted by molar-refractivity contribution is 6.30. The van der Waals surface area contributed by atoms with Crippen LogP contribution in [0.3, 0.4) is 0 Å². The Labute approximate surface area is 226 Å². The lowest BCUT2D eigenvalue weighted by atomic mass is 10.0. The average Bonchev–Trinajstić information content (AvgIpc) is 3.30. The second-order valence-electron chi connectivity index (χ2n) is 8.62. The molecule has 0 saturated carbocycles. The third kappa shape index (κ3) is 7.23. The smallest absolute Gasteiger partial charge is 0.328 e. The van der Waals surface area contributed by atoms with Crippen LogP contribution in [-0.2, 0) is 22.4 Å². The topological polar surface area (TPSA) is 90.7 Å². The maximum Gasteiger partial charge on any atom is 0.328 e. The van der Waals surface area contributed by atoms with Gasteiger partial charge >= 0.3 is 5.97 Å². The first-order valence-electron chi connectivity index (χ1n) is 12.4. The number of oxazole rings is 1. The maximum absolute atomic E-state index is 12.7. The number of aromatic nitrogens is 1. The van der Waals surface area contributed by atoms with Crippen LogP contribution in [0.25, 0.3) is 11.5 Å². The molecule has 0 radical (unpaired) electrons. The van der Waals surface area contributed by atoms with Gasteiger partial charge in [0, 0.05) is 29.0 Å². The van der Waals surface area contributed by atoms with E-state index in [0.29, 0.717) is 35.3 Å². The lowest BCUT2D eigenvalue weighted by molar-refractivity contribution is -0.145. The van der Waals surface area contributed by atoms with Gasteiger partial charge in [0.15, 0.2) is 0 Å². The molecule has 0 bridgehead atoms. The Morgan fingerprint density at radius 3 is 2.39 bits per heavy atom. The van der Waals surface area contributed by atoms with Gasteiger partial charge in [-0.15, -0.1) is 0 Å². The van der Waals surface area contributed by atoms with Crippen LogP contribution >= 0.6 is 11.6 Å². The van der Waals surface area contributed by atoms with E-state index in [4.69, 9.17) is 25.5 Å². The van der Waals surface area contributed by atoms with Crippen molar-refractivity contribution in [1.29, 1.82) is 0 Å². The second-order valence-corrected chi connectivity index (χ2v) is 9.06. The van der Waals surface area contributed by atoms with Gasteiger partial charge in [-0.25, -0.2) is 9.78 Å². The molecule has 4 aromatic rings. The van der Waals surface area contributed by atoms with Gasteiger partial charge < -0.3 is 19.2 Å². The summed E-state index contributed by atoms with van der Waals surface area (Å²) in [6.45, 7) is 4.28. The quantitative estimate of drug-likeness (QED) is 0.244. The number of aryl methyl sites for hydroxylation is 1. The molecule has 0 aliphatic carbocycles. The molecule has 7 nitrogen and oxygen atoms in total. The molecule has 0 aliphatic heterocycles. The van der Waals surface area contributed by atoms with Crippen molar-refractivity contribution in [2.75, 3.05) is 13.2 Å². The second kappa shape index (κ2) is 12.9. The monoisotopic (exact) mass is 532 g/mol. The zero-order valence-electron chi connectivity index (χ0n) is 21.3. The third-order valence-electron chi connectivity index (χ3n) is 5.87. The number of hydrogen-bond acceptors (Lipinski definition) is 6. The fourth-order valence-electron chi connectivity index (χ4n) is 3.87. The summed E-state index contributed by atoms with van der Waals surface area (Å²) in [5.74, 6) is 1.19. The summed E-state index contributed by atoms with van der Waals surface area (Å²) in [6, 6.07) is 22.8. The molecule has 38 heavy (non-hydrogen) atoms. The van der Waals surface area contributed by atoms with Crippen molar-refractivity contribution in [2.45, 2.75) is 32.7 Å². The fourth-order valence-corrected chi connectivity index (χ4v) is 3.99. The first-order valence-corrected chi connectivity index (χ1v) is 12.8. The normalized spacial score (nSPS) is 11.6. The molecule has 4 rings (SSSR count). The van der Waals surface area contributed by atoms with Gasteiger partial charge in [-0.2, -0.15) is 0 Å². The van der Waals surface area contributed by atoms with Crippen LogP contribution in [0.5, 0.6) is 5.75 Å². The minimum Gasteiger partial charge on any atom is -0.493 e. The van der Waals surface area contributed by atoms with E-state index in [1.165, 1.54) is 0 Å². The average molecular weight is 533 g/mol. The fraction of sp³-hybridized carbons (Fsp3) is 0.233. The van der Waals surface area contributed by atoms with Crippen LogP contribution in [0.2, 0.25) is 5.02 Å². The first-order chi connectivity index (χ1) is 18.4. The summed E-state index contributed by atoms with van der Waals surface area (Å²) < 4.78 is 16.9. The number of rotatable bonds is 11. The van der Waals surface area contributed by atoms with Crippen LogP contribution in [0.4, 0.5) is 0 Å². The van der Waals surface area contributed by atoms with Gasteiger partial charge in [0.25, 0.3) is 5.91 Å². The van der Waals surface area contributed by atoms with Gasteiger partial charge in [-0.1, -0.05) is 41.9 Å². The number of halogens is 1. The highest BCUT2D eigenvalue weighted by Gasteiger charge is 2.23. The molecule has 8 heteroatoms. The number of benzene rings is 3. The zero-order valence-corrected chi connectivity index (χ0v) is 22.0. The van der Waals surface area contributed by atoms with Crippen molar-refractivity contribution in [3.63, 3.8) is 0 Å². The van der Waals surface area contributed by atoms with Crippen molar-refractivity contribution in [3.05, 3.63) is 106 Å². The van der Waals surface area contributed by atoms with Crippen molar-refractivity contribution in [1.82, 2.24) is 10.3 Å². The Balaban J connectivity index is 1.33. The van der Waals surface area contributed by atoms with Gasteiger partial charge in [-0.3, -0.25) is 4.79 Å². The summed E-state index contributed by atoms with van der Waals surface area (Å²) in [5.41, 5.74) is 3.05. The van der Waals surface area contributed by atoms with Gasteiger partial charge in [0.05, 0.1) is 18.9 Å². The SMILES string of the molecule is CCOC(=O)C(Cc1ccc(OCCc2nc(-c3ccccc3)oc2C)cc1)NC(=O)c1ccc(Cl)cc1. The molecule has 1 amide bonds. The molecule has 1 aromatic heterocycles. The molecule has 0 fully saturated rings. The zero-order chi connectivity index (χ0) is 26.9. The predicted molar refractivity (Wildman–Crippen MR) is 145 cm³/mol. The summed E-state index contributed by atoms with van der Waals surface area (Å²) in [5, 5.41) is 3.30. The van der Waals surface area contributed by atoms with Gasteiger partial charge in [-0.05, 0) is 67.9 Å². The number of hydrogen-bond donors (Lipinski definition) is 1. The molecular weight excluding hydrogens is 504 g/mol. The Hall–Kier alpha value is -4.10. The molecule has 1 heterocycles. The summed E-state index contributed by atoms with van der Waals surface area (Å²) in [7, 11) is 0. The van der Waals surface area contributed by atoms with E-state index < -0.39 is 12.0 Å². The molecule has 3 aromatic carbocycles. The molecule has 0 saturated heterocycles. The summed E-state index contributed by atoms with van der Waals surface area (Å²) in [4.78, 5) is 29.8. The van der Waals surface area contributed by atoms with Crippen molar-refractivity contribution >= 4 is 23.5 Å². The summed E-state index contributed by atoms with van der Waals surface area (Å²) >= 11 is 5.90. The van der Waals surface area contributed by atoms with E-state index in [1.807, 2.05) is 61.5 Å². The van der Waals surface area contributed by atoms with Crippen LogP contribution in [0.15, 0.2) is 83.3 Å². The van der Waals surface area contributed by atoms with E-state index in [2.05, 4.69) is 10.3 Å². The molecule has 0 aliphatic rings. The predicted octanol–water partition coefficient (Wildman–Crippen LogP) is 5.83. The molecule has 1 N–H and O–H groups in total. The van der Waals surface area contributed by atoms with E-state index >= 15 is 0 Å². The number of carbonyl (C=O) groups excluding carboxylic acids is 2. The van der Waals surface area contributed by atoms with Crippen molar-refractivity contribution in [3.8, 4) is 17.2 Å². The number of ether oxygens (including phenoxy) is 2. The van der Waals surface area contributed by atoms with Gasteiger partial charge in [0.2, 0.25) is 5.89 Å². The van der Waals surface area contributed by atoms with E-state index in [0.717, 1.165) is 22.6 Å². The highest BCUT2D eigenvalue weighted by Crippen LogP contribution is 2.22. The largest absolute Gasteiger partial charge is 0.493 e. The number of amides is 1. The minimum absolute atomic E-state index is 0.219. The Bertz CT molecular complexity index is 1350. The standard InChI is InChI=1S/C30H29ClN2O5/c1-3-36-30(35)27(32-28(34)22-11-13-24(31)14-12-22)19-21-9-15-25(16-10-21)37-18-17-26-20(2)38-29(33-26)23-7-5-4-6-8-23/h4-16,27H,3,17-19H2,1-2H3,(H,32,34). The number of nitrogens with one attached hydrogen (secondary N) is 1. The summed E-state index contributed by atoms with van der Waals surface area (Å²) in [6.07, 6.45) is 0.879. The van der Waals surface area contributed by atoms with E-state index in [1.54, 1.807) is 31.2 Å². The van der Waals surface area contributed by atoms with E-state index in [-0.39, 0.29) is 18.9 Å². The molecule has 1 atom stereocenters. The van der Waals surface area contributed by atoms with Crippen molar-refractivity contribution in [2.24, 2.45) is 0 Å². The Morgan fingerprint density at radius 1 is 1.00 bits per heavy atom. The molecular formula is C30H29ClN2O5. The van der Waals surface area contributed by atoms with Crippen LogP contribution in [-0.4, -0.2) is 36.1 Å². The van der Waals surface area contributed by atoms with Crippen LogP contribution in [0.1, 0.15) is 34.3 Å². The number of carbonyl (C=O) groups is 2.